The van der Waals surface area contributed by atoms with Crippen LogP contribution in [0, 0.1) is 5.92 Å². The molecule has 1 unspecified atom stereocenters. The van der Waals surface area contributed by atoms with E-state index in [1.807, 2.05) is 24.4 Å². The van der Waals surface area contributed by atoms with Gasteiger partial charge >= 0.3 is 0 Å². The Balaban J connectivity index is 2.04. The van der Waals surface area contributed by atoms with Crippen LogP contribution in [-0.4, -0.2) is 21.1 Å². The number of nitrogens with zero attached hydrogens (tertiary/aromatic N) is 3. The number of rotatable bonds is 5. The van der Waals surface area contributed by atoms with E-state index in [0.717, 1.165) is 37.3 Å². The number of nitrogens with two attached hydrogens (primary N) is 1. The second-order valence-corrected chi connectivity index (χ2v) is 4.27. The molecule has 2 N–H and O–H groups in total. The minimum Gasteiger partial charge on any atom is -0.330 e. The molecule has 0 saturated heterocycles. The van der Waals surface area contributed by atoms with Crippen molar-refractivity contribution in [3.63, 3.8) is 0 Å². The van der Waals surface area contributed by atoms with Gasteiger partial charge in [0.2, 0.25) is 0 Å². The predicted octanol–water partition coefficient (Wildman–Crippen LogP) is 1.65. The average Bonchev–Trinajstić information content (AvgIpc) is 2.70. The summed E-state index contributed by atoms with van der Waals surface area (Å²) < 4.78 is 2.05. The summed E-state index contributed by atoms with van der Waals surface area (Å²) in [4.78, 5) is 0. The van der Waals surface area contributed by atoms with Crippen molar-refractivity contribution in [2.45, 2.75) is 26.2 Å². The summed E-state index contributed by atoms with van der Waals surface area (Å²) in [6, 6.07) is 5.95. The lowest BCUT2D eigenvalue weighted by Crippen LogP contribution is -2.07. The molecule has 1 atom stereocenters. The summed E-state index contributed by atoms with van der Waals surface area (Å²) in [5, 5.41) is 8.34. The van der Waals surface area contributed by atoms with Crippen LogP contribution in [0.15, 0.2) is 24.4 Å². The highest BCUT2D eigenvalue weighted by molar-refractivity contribution is 5.36. The van der Waals surface area contributed by atoms with Crippen LogP contribution in [0.5, 0.6) is 0 Å². The lowest BCUT2D eigenvalue weighted by molar-refractivity contribution is 0.492. The van der Waals surface area contributed by atoms with Crippen molar-refractivity contribution in [1.82, 2.24) is 14.6 Å². The summed E-state index contributed by atoms with van der Waals surface area (Å²) in [7, 11) is 0. The number of pyridine rings is 1. The molecule has 0 aromatic carbocycles. The molecule has 0 saturated carbocycles. The third-order valence-electron chi connectivity index (χ3n) is 2.90. The zero-order valence-corrected chi connectivity index (χ0v) is 9.63. The highest BCUT2D eigenvalue weighted by atomic mass is 15.2. The van der Waals surface area contributed by atoms with Crippen molar-refractivity contribution in [2.75, 3.05) is 6.54 Å². The first-order valence-corrected chi connectivity index (χ1v) is 5.80. The lowest BCUT2D eigenvalue weighted by atomic mass is 10.0. The fraction of sp³-hybridized carbons (Fsp3) is 0.500. The van der Waals surface area contributed by atoms with Crippen molar-refractivity contribution in [3.05, 3.63) is 30.2 Å². The minimum atomic E-state index is 0.654. The zero-order chi connectivity index (χ0) is 11.4. The molecule has 0 aliphatic carbocycles. The van der Waals surface area contributed by atoms with Crippen LogP contribution in [0.25, 0.3) is 5.65 Å². The Kier molecular flexibility index (Phi) is 3.51. The van der Waals surface area contributed by atoms with E-state index in [9.17, 15) is 0 Å². The number of fused-ring (bicyclic) bond motifs is 1. The lowest BCUT2D eigenvalue weighted by Gasteiger charge is -2.08. The van der Waals surface area contributed by atoms with Gasteiger partial charge in [-0.3, -0.25) is 4.40 Å². The van der Waals surface area contributed by atoms with Gasteiger partial charge in [0.1, 0.15) is 5.82 Å². The van der Waals surface area contributed by atoms with Gasteiger partial charge in [0, 0.05) is 12.6 Å². The molecule has 4 nitrogen and oxygen atoms in total. The molecule has 2 heterocycles. The second kappa shape index (κ2) is 5.07. The zero-order valence-electron chi connectivity index (χ0n) is 9.63. The normalized spacial score (nSPS) is 13.1. The molecule has 86 valence electrons. The third-order valence-corrected chi connectivity index (χ3v) is 2.90. The number of hydrogen-bond donors (Lipinski definition) is 1. The Hall–Kier alpha value is -1.42. The maximum atomic E-state index is 5.54. The molecule has 0 bridgehead atoms. The summed E-state index contributed by atoms with van der Waals surface area (Å²) >= 11 is 0. The van der Waals surface area contributed by atoms with Gasteiger partial charge in [0.15, 0.2) is 5.65 Å². The molecule has 0 aliphatic rings. The first-order chi connectivity index (χ1) is 7.81. The van der Waals surface area contributed by atoms with Crippen molar-refractivity contribution in [3.8, 4) is 0 Å². The highest BCUT2D eigenvalue weighted by Crippen LogP contribution is 2.11. The first kappa shape index (κ1) is 11.1. The van der Waals surface area contributed by atoms with Crippen LogP contribution in [-0.2, 0) is 6.42 Å². The molecule has 0 spiro atoms. The van der Waals surface area contributed by atoms with Gasteiger partial charge < -0.3 is 5.73 Å². The SMILES string of the molecule is CC(CCN)CCc1nnc2ccccn12. The summed E-state index contributed by atoms with van der Waals surface area (Å²) in [5.74, 6) is 1.69. The maximum absolute atomic E-state index is 5.54. The molecule has 2 aromatic rings. The Bertz CT molecular complexity index is 449. The van der Waals surface area contributed by atoms with Crippen molar-refractivity contribution in [2.24, 2.45) is 11.7 Å². The summed E-state index contributed by atoms with van der Waals surface area (Å²) in [6.07, 6.45) is 5.17. The molecule has 0 fully saturated rings. The van der Waals surface area contributed by atoms with Crippen molar-refractivity contribution >= 4 is 5.65 Å². The van der Waals surface area contributed by atoms with Gasteiger partial charge in [-0.1, -0.05) is 13.0 Å². The third kappa shape index (κ3) is 2.39. The standard InChI is InChI=1S/C12H18N4/c1-10(7-8-13)5-6-12-15-14-11-4-2-3-9-16(11)12/h2-4,9-10H,5-8,13H2,1H3. The topological polar surface area (TPSA) is 56.2 Å². The van der Waals surface area contributed by atoms with Gasteiger partial charge in [-0.25, -0.2) is 0 Å². The fourth-order valence-corrected chi connectivity index (χ4v) is 1.87. The molecule has 16 heavy (non-hydrogen) atoms. The number of aryl methyl sites for hydroxylation is 1. The summed E-state index contributed by atoms with van der Waals surface area (Å²) in [5.41, 5.74) is 6.46. The van der Waals surface area contributed by atoms with E-state index in [-0.39, 0.29) is 0 Å². The quantitative estimate of drug-likeness (QED) is 0.830. The van der Waals surface area contributed by atoms with Crippen LogP contribution < -0.4 is 5.73 Å². The number of aromatic nitrogens is 3. The Morgan fingerprint density at radius 2 is 2.19 bits per heavy atom. The minimum absolute atomic E-state index is 0.654. The highest BCUT2D eigenvalue weighted by Gasteiger charge is 2.07. The van der Waals surface area contributed by atoms with Crippen LogP contribution in [0.2, 0.25) is 0 Å². The largest absolute Gasteiger partial charge is 0.330 e. The van der Waals surface area contributed by atoms with E-state index in [0.29, 0.717) is 5.92 Å². The second-order valence-electron chi connectivity index (χ2n) is 4.27. The number of hydrogen-bond acceptors (Lipinski definition) is 3. The van der Waals surface area contributed by atoms with Gasteiger partial charge in [-0.2, -0.15) is 0 Å². The van der Waals surface area contributed by atoms with Gasteiger partial charge in [-0.15, -0.1) is 10.2 Å². The van der Waals surface area contributed by atoms with Crippen molar-refractivity contribution < 1.29 is 0 Å². The van der Waals surface area contributed by atoms with Crippen LogP contribution in [0.4, 0.5) is 0 Å². The predicted molar refractivity (Wildman–Crippen MR) is 64.1 cm³/mol. The molecule has 2 rings (SSSR count). The Morgan fingerprint density at radius 3 is 3.00 bits per heavy atom. The molecule has 2 aromatic heterocycles. The Morgan fingerprint density at radius 1 is 1.31 bits per heavy atom. The van der Waals surface area contributed by atoms with Gasteiger partial charge in [0.25, 0.3) is 0 Å². The van der Waals surface area contributed by atoms with E-state index >= 15 is 0 Å². The molecule has 0 radical (unpaired) electrons. The van der Waals surface area contributed by atoms with Crippen molar-refractivity contribution in [1.29, 1.82) is 0 Å². The molecule has 0 amide bonds. The van der Waals surface area contributed by atoms with E-state index < -0.39 is 0 Å². The molecular formula is C12H18N4. The Labute approximate surface area is 95.5 Å². The van der Waals surface area contributed by atoms with E-state index in [2.05, 4.69) is 21.5 Å². The van der Waals surface area contributed by atoms with Gasteiger partial charge in [0.05, 0.1) is 0 Å². The fourth-order valence-electron chi connectivity index (χ4n) is 1.87. The molecule has 4 heteroatoms. The van der Waals surface area contributed by atoms with E-state index in [1.54, 1.807) is 0 Å². The van der Waals surface area contributed by atoms with Crippen LogP contribution in [0.1, 0.15) is 25.6 Å². The molecule has 0 aliphatic heterocycles. The van der Waals surface area contributed by atoms with Crippen LogP contribution in [0.3, 0.4) is 0 Å². The average molecular weight is 218 g/mol. The van der Waals surface area contributed by atoms with E-state index in [4.69, 9.17) is 5.73 Å². The maximum Gasteiger partial charge on any atom is 0.160 e. The molecular weight excluding hydrogens is 200 g/mol. The van der Waals surface area contributed by atoms with Gasteiger partial charge in [-0.05, 0) is 37.4 Å². The smallest absolute Gasteiger partial charge is 0.160 e. The first-order valence-electron chi connectivity index (χ1n) is 5.80. The van der Waals surface area contributed by atoms with E-state index in [1.165, 1.54) is 0 Å². The summed E-state index contributed by atoms with van der Waals surface area (Å²) in [6.45, 7) is 3.00. The van der Waals surface area contributed by atoms with Crippen LogP contribution >= 0.6 is 0 Å². The monoisotopic (exact) mass is 218 g/mol.